The second kappa shape index (κ2) is 8.18. The molecule has 0 spiro atoms. The number of ether oxygens (including phenoxy) is 2. The SMILES string of the molecule is O=C(OCc1ccccc1)N1C2CCC1CC(O)(c1c(F)cccc1OC(F)F)C2. The molecular formula is C22H22F3NO4. The number of nitrogens with zero attached hydrogens (tertiary/aromatic N) is 1. The number of piperidine rings is 1. The molecule has 2 heterocycles. The largest absolute Gasteiger partial charge is 0.445 e. The molecule has 2 fully saturated rings. The van der Waals surface area contributed by atoms with E-state index in [1.807, 2.05) is 30.3 Å². The summed E-state index contributed by atoms with van der Waals surface area (Å²) in [7, 11) is 0. The van der Waals surface area contributed by atoms with Gasteiger partial charge in [0.25, 0.3) is 0 Å². The number of rotatable bonds is 5. The maximum absolute atomic E-state index is 14.6. The third kappa shape index (κ3) is 3.96. The molecule has 2 aliphatic rings. The number of amides is 1. The van der Waals surface area contributed by atoms with Crippen LogP contribution in [-0.2, 0) is 16.9 Å². The summed E-state index contributed by atoms with van der Waals surface area (Å²) in [6, 6.07) is 12.1. The second-order valence-corrected chi connectivity index (χ2v) is 7.76. The maximum atomic E-state index is 14.6. The zero-order valence-corrected chi connectivity index (χ0v) is 16.1. The fraction of sp³-hybridized carbons (Fsp3) is 0.409. The van der Waals surface area contributed by atoms with Crippen LogP contribution in [-0.4, -0.2) is 34.8 Å². The number of benzene rings is 2. The second-order valence-electron chi connectivity index (χ2n) is 7.76. The number of alkyl halides is 2. The third-order valence-corrected chi connectivity index (χ3v) is 5.84. The van der Waals surface area contributed by atoms with E-state index in [2.05, 4.69) is 4.74 Å². The van der Waals surface area contributed by atoms with Crippen molar-refractivity contribution in [1.29, 1.82) is 0 Å². The molecule has 5 nitrogen and oxygen atoms in total. The average Bonchev–Trinajstić information content (AvgIpc) is 2.98. The Bertz CT molecular complexity index is 895. The van der Waals surface area contributed by atoms with Crippen molar-refractivity contribution in [2.45, 2.75) is 56.6 Å². The van der Waals surface area contributed by atoms with Crippen LogP contribution in [0.3, 0.4) is 0 Å². The van der Waals surface area contributed by atoms with Gasteiger partial charge in [0.15, 0.2) is 0 Å². The van der Waals surface area contributed by atoms with Crippen molar-refractivity contribution in [1.82, 2.24) is 4.90 Å². The van der Waals surface area contributed by atoms with Gasteiger partial charge in [0.2, 0.25) is 0 Å². The van der Waals surface area contributed by atoms with Crippen LogP contribution in [0.25, 0.3) is 0 Å². The van der Waals surface area contributed by atoms with Crippen LogP contribution < -0.4 is 4.74 Å². The highest BCUT2D eigenvalue weighted by atomic mass is 19.3. The van der Waals surface area contributed by atoms with Crippen LogP contribution >= 0.6 is 0 Å². The van der Waals surface area contributed by atoms with Crippen molar-refractivity contribution in [3.8, 4) is 5.75 Å². The summed E-state index contributed by atoms with van der Waals surface area (Å²) in [6.45, 7) is -3.02. The van der Waals surface area contributed by atoms with Gasteiger partial charge in [0.05, 0.1) is 5.56 Å². The lowest BCUT2D eigenvalue weighted by molar-refractivity contribution is -0.0708. The fourth-order valence-corrected chi connectivity index (χ4v) is 4.67. The Hall–Kier alpha value is -2.74. The molecular weight excluding hydrogens is 399 g/mol. The summed E-state index contributed by atoms with van der Waals surface area (Å²) < 4.78 is 50.0. The van der Waals surface area contributed by atoms with Crippen molar-refractivity contribution in [3.05, 3.63) is 65.5 Å². The van der Waals surface area contributed by atoms with E-state index >= 15 is 0 Å². The van der Waals surface area contributed by atoms with Crippen LogP contribution in [0.4, 0.5) is 18.0 Å². The predicted molar refractivity (Wildman–Crippen MR) is 101 cm³/mol. The van der Waals surface area contributed by atoms with Gasteiger partial charge in [-0.3, -0.25) is 0 Å². The van der Waals surface area contributed by atoms with Gasteiger partial charge in [-0.25, -0.2) is 9.18 Å². The summed E-state index contributed by atoms with van der Waals surface area (Å²) in [5.41, 5.74) is -1.14. The number of fused-ring (bicyclic) bond motifs is 2. The minimum absolute atomic E-state index is 0.0183. The van der Waals surface area contributed by atoms with Gasteiger partial charge < -0.3 is 19.5 Å². The minimum atomic E-state index is -3.14. The molecule has 2 bridgehead atoms. The molecule has 2 aromatic rings. The number of halogens is 3. The Labute approximate surface area is 172 Å². The monoisotopic (exact) mass is 421 g/mol. The molecule has 8 heteroatoms. The van der Waals surface area contributed by atoms with E-state index in [4.69, 9.17) is 4.74 Å². The smallest absolute Gasteiger partial charge is 0.410 e. The Kier molecular flexibility index (Phi) is 5.60. The van der Waals surface area contributed by atoms with Gasteiger partial charge in [0.1, 0.15) is 23.8 Å². The number of carbonyl (C=O) groups is 1. The highest BCUT2D eigenvalue weighted by Gasteiger charge is 2.52. The molecule has 0 radical (unpaired) electrons. The number of hydrogen-bond donors (Lipinski definition) is 1. The lowest BCUT2D eigenvalue weighted by Gasteiger charge is -2.43. The van der Waals surface area contributed by atoms with E-state index < -0.39 is 24.1 Å². The summed E-state index contributed by atoms with van der Waals surface area (Å²) >= 11 is 0. The normalized spacial score (nSPS) is 25.4. The molecule has 2 atom stereocenters. The predicted octanol–water partition coefficient (Wildman–Crippen LogP) is 4.58. The quantitative estimate of drug-likeness (QED) is 0.768. The molecule has 2 unspecified atom stereocenters. The molecule has 2 aliphatic heterocycles. The first-order valence-corrected chi connectivity index (χ1v) is 9.82. The summed E-state index contributed by atoms with van der Waals surface area (Å²) in [4.78, 5) is 14.3. The third-order valence-electron chi connectivity index (χ3n) is 5.84. The fourth-order valence-electron chi connectivity index (χ4n) is 4.67. The van der Waals surface area contributed by atoms with E-state index in [9.17, 15) is 23.1 Å². The van der Waals surface area contributed by atoms with Gasteiger partial charge in [-0.05, 0) is 30.5 Å². The van der Waals surface area contributed by atoms with E-state index in [-0.39, 0.29) is 42.8 Å². The van der Waals surface area contributed by atoms with Crippen molar-refractivity contribution < 1.29 is 32.5 Å². The van der Waals surface area contributed by atoms with E-state index in [1.54, 1.807) is 4.90 Å². The highest BCUT2D eigenvalue weighted by molar-refractivity contribution is 5.69. The van der Waals surface area contributed by atoms with E-state index in [1.165, 1.54) is 12.1 Å². The Balaban J connectivity index is 1.52. The Morgan fingerprint density at radius 3 is 2.40 bits per heavy atom. The summed E-state index contributed by atoms with van der Waals surface area (Å²) in [5, 5.41) is 11.3. The van der Waals surface area contributed by atoms with Gasteiger partial charge in [-0.15, -0.1) is 0 Å². The van der Waals surface area contributed by atoms with E-state index in [0.29, 0.717) is 12.8 Å². The molecule has 4 rings (SSSR count). The number of hydrogen-bond acceptors (Lipinski definition) is 4. The summed E-state index contributed by atoms with van der Waals surface area (Å²) in [5.74, 6) is -1.19. The molecule has 0 aromatic heterocycles. The Morgan fingerprint density at radius 2 is 1.77 bits per heavy atom. The molecule has 0 saturated carbocycles. The first-order chi connectivity index (χ1) is 14.4. The van der Waals surface area contributed by atoms with E-state index in [0.717, 1.165) is 11.6 Å². The maximum Gasteiger partial charge on any atom is 0.410 e. The molecule has 1 amide bonds. The van der Waals surface area contributed by atoms with Crippen LogP contribution in [0.15, 0.2) is 48.5 Å². The molecule has 160 valence electrons. The van der Waals surface area contributed by atoms with Crippen LogP contribution in [0.5, 0.6) is 5.75 Å². The van der Waals surface area contributed by atoms with Crippen LogP contribution in [0, 0.1) is 5.82 Å². The molecule has 30 heavy (non-hydrogen) atoms. The zero-order chi connectivity index (χ0) is 21.3. The van der Waals surface area contributed by atoms with Crippen LogP contribution in [0.2, 0.25) is 0 Å². The van der Waals surface area contributed by atoms with Crippen LogP contribution in [0.1, 0.15) is 36.8 Å². The van der Waals surface area contributed by atoms with Crippen molar-refractivity contribution in [2.75, 3.05) is 0 Å². The van der Waals surface area contributed by atoms with Crippen molar-refractivity contribution in [3.63, 3.8) is 0 Å². The summed E-state index contributed by atoms with van der Waals surface area (Å²) in [6.07, 6.45) is 0.778. The number of aliphatic hydroxyl groups is 1. The molecule has 1 N–H and O–H groups in total. The average molecular weight is 421 g/mol. The lowest BCUT2D eigenvalue weighted by Crippen LogP contribution is -2.52. The van der Waals surface area contributed by atoms with Gasteiger partial charge in [0, 0.05) is 24.9 Å². The Morgan fingerprint density at radius 1 is 1.10 bits per heavy atom. The van der Waals surface area contributed by atoms with Gasteiger partial charge in [-0.1, -0.05) is 36.4 Å². The van der Waals surface area contributed by atoms with Crippen molar-refractivity contribution >= 4 is 6.09 Å². The molecule has 0 aliphatic carbocycles. The molecule has 2 saturated heterocycles. The number of carbonyl (C=O) groups excluding carboxylic acids is 1. The van der Waals surface area contributed by atoms with Crippen molar-refractivity contribution in [2.24, 2.45) is 0 Å². The lowest BCUT2D eigenvalue weighted by atomic mass is 9.80. The standard InChI is InChI=1S/C22H22F3NO4/c23-17-7-4-8-18(30-20(24)25)19(17)22(28)11-15-9-10-16(12-22)26(15)21(27)29-13-14-5-2-1-3-6-14/h1-8,15-16,20,28H,9-13H2. The first-order valence-electron chi connectivity index (χ1n) is 9.82. The molecule has 2 aromatic carbocycles. The first kappa shape index (κ1) is 20.5. The minimum Gasteiger partial charge on any atom is -0.445 e. The zero-order valence-electron chi connectivity index (χ0n) is 16.1. The van der Waals surface area contributed by atoms with Gasteiger partial charge in [-0.2, -0.15) is 8.78 Å². The van der Waals surface area contributed by atoms with Gasteiger partial charge >= 0.3 is 12.7 Å². The topological polar surface area (TPSA) is 59.0 Å². The highest BCUT2D eigenvalue weighted by Crippen LogP contribution is 2.49.